The molecule has 0 saturated carbocycles. The quantitative estimate of drug-likeness (QED) is 0.374. The van der Waals surface area contributed by atoms with Crippen molar-refractivity contribution in [3.63, 3.8) is 0 Å². The Morgan fingerprint density at radius 1 is 0.393 bits per heavy atom. The summed E-state index contributed by atoms with van der Waals surface area (Å²) in [6.07, 6.45) is 0. The third-order valence-electron chi connectivity index (χ3n) is 5.78. The van der Waals surface area contributed by atoms with E-state index in [1.165, 1.54) is 0 Å². The lowest BCUT2D eigenvalue weighted by Gasteiger charge is -2.59. The molecule has 2 spiro atoms. The van der Waals surface area contributed by atoms with Gasteiger partial charge in [0.05, 0.1) is 0 Å². The van der Waals surface area contributed by atoms with Gasteiger partial charge >= 0.3 is 69.9 Å². The van der Waals surface area contributed by atoms with Crippen molar-refractivity contribution in [3.8, 4) is 0 Å². The number of fused-ring (bicyclic) bond motifs is 4. The first-order valence-electron chi connectivity index (χ1n) is 9.12. The Bertz CT molecular complexity index is 775. The Balaban J connectivity index is 1.58. The minimum Gasteiger partial charge on any atom is -0.393 e. The third kappa shape index (κ3) is 2.07. The van der Waals surface area contributed by atoms with Gasteiger partial charge in [0, 0.05) is 26.2 Å². The van der Waals surface area contributed by atoms with Gasteiger partial charge in [0.1, 0.15) is 0 Å². The number of hydrogen-bond donors (Lipinski definition) is 0. The van der Waals surface area contributed by atoms with Gasteiger partial charge in [-0.1, -0.05) is 0 Å². The molecule has 7 saturated heterocycles. The maximum Gasteiger partial charge on any atom is 0.508 e. The molecule has 0 N–H and O–H groups in total. The third-order valence-corrected chi connectivity index (χ3v) is 45.1. The van der Waals surface area contributed by atoms with Gasteiger partial charge in [-0.15, -0.1) is 0 Å². The van der Waals surface area contributed by atoms with E-state index in [9.17, 15) is 0 Å². The van der Waals surface area contributed by atoms with Crippen molar-refractivity contribution in [1.29, 1.82) is 0 Å². The van der Waals surface area contributed by atoms with Crippen LogP contribution in [0.15, 0.2) is 0 Å². The van der Waals surface area contributed by atoms with Gasteiger partial charge in [0.25, 0.3) is 0 Å². The second-order valence-corrected chi connectivity index (χ2v) is 34.0. The van der Waals surface area contributed by atoms with Crippen LogP contribution in [-0.2, 0) is 50.0 Å². The van der Waals surface area contributed by atoms with Gasteiger partial charge in [0.2, 0.25) is 0 Å². The molecule has 0 aliphatic carbocycles. The molecule has 8 bridgehead atoms. The van der Waals surface area contributed by atoms with E-state index < -0.39 is 80.6 Å². The van der Waals surface area contributed by atoms with Crippen molar-refractivity contribution in [2.75, 3.05) is 0 Å². The Morgan fingerprint density at radius 3 is 1.14 bits per heavy atom. The smallest absolute Gasteiger partial charge is 0.393 e. The molecule has 7 heterocycles. The van der Waals surface area contributed by atoms with Gasteiger partial charge in [-0.25, -0.2) is 0 Å². The zero-order valence-corrected chi connectivity index (χ0v) is 24.1. The van der Waals surface area contributed by atoms with Crippen LogP contribution in [0.4, 0.5) is 0 Å². The van der Waals surface area contributed by atoms with Crippen molar-refractivity contribution in [2.24, 2.45) is 0 Å². The minimum atomic E-state index is -3.46. The Morgan fingerprint density at radius 2 is 0.750 bits per heavy atom. The molecule has 0 radical (unpaired) electrons. The maximum absolute atomic E-state index is 6.82. The molecule has 0 aromatic carbocycles. The minimum absolute atomic E-state index is 0.602. The molecular weight excluding hydrogens is 513 g/mol. The van der Waals surface area contributed by atoms with Crippen LogP contribution >= 0.6 is 0 Å². The van der Waals surface area contributed by atoms with Gasteiger partial charge in [-0.3, -0.25) is 0 Å². The molecule has 0 aromatic heterocycles. The highest BCUT2D eigenvalue weighted by Gasteiger charge is 2.92. The van der Waals surface area contributed by atoms with Gasteiger partial charge in [-0.05, 0) is 13.1 Å². The maximum atomic E-state index is 6.82. The molecular formula is C8H20O12Si8. The van der Waals surface area contributed by atoms with Crippen LogP contribution in [0.5, 0.6) is 0 Å². The predicted octanol–water partition coefficient (Wildman–Crippen LogP) is -0.529. The fourth-order valence-corrected chi connectivity index (χ4v) is 59.9. The van der Waals surface area contributed by atoms with Crippen molar-refractivity contribution in [3.05, 3.63) is 0 Å². The molecule has 156 valence electrons. The summed E-state index contributed by atoms with van der Waals surface area (Å²) in [5, 5.41) is -1.20. The summed E-state index contributed by atoms with van der Waals surface area (Å²) in [6.45, 7) is 11.1. The topological polar surface area (TPSA) is 111 Å². The fourth-order valence-electron chi connectivity index (χ4n) is 5.40. The summed E-state index contributed by atoms with van der Waals surface area (Å²) in [6, 6.07) is 0. The summed E-state index contributed by atoms with van der Waals surface area (Å²) < 4.78 is 78.5. The summed E-state index contributed by atoms with van der Waals surface area (Å²) >= 11 is 0. The zero-order valence-electron chi connectivity index (χ0n) is 16.1. The van der Waals surface area contributed by atoms with Gasteiger partial charge < -0.3 is 50.0 Å². The molecule has 0 aromatic rings. The summed E-state index contributed by atoms with van der Waals surface area (Å²) in [5.41, 5.74) is 0. The Labute approximate surface area is 169 Å². The molecule has 20 heteroatoms. The van der Waals surface area contributed by atoms with E-state index in [2.05, 4.69) is 0 Å². The highest BCUT2D eigenvalue weighted by atomic mass is 28.6. The average Bonchev–Trinajstić information content (AvgIpc) is 2.87. The molecule has 7 fully saturated rings. The largest absolute Gasteiger partial charge is 0.508 e. The lowest BCUT2D eigenvalue weighted by atomic mass is 11.6. The van der Waals surface area contributed by atoms with Crippen molar-refractivity contribution >= 4 is 69.9 Å². The monoisotopic (exact) mass is 532 g/mol. The second-order valence-electron chi connectivity index (χ2n) is 8.70. The van der Waals surface area contributed by atoms with Crippen LogP contribution < -0.4 is 0 Å². The van der Waals surface area contributed by atoms with E-state index >= 15 is 0 Å². The van der Waals surface area contributed by atoms with E-state index in [0.29, 0.717) is 0 Å². The van der Waals surface area contributed by atoms with Crippen LogP contribution in [0.25, 0.3) is 0 Å². The normalized spacial score (nSPS) is 73.5. The predicted molar refractivity (Wildman–Crippen MR) is 102 cm³/mol. The van der Waals surface area contributed by atoms with E-state index in [1.807, 2.05) is 39.3 Å². The highest BCUT2D eigenvalue weighted by Crippen LogP contribution is 2.58. The van der Waals surface area contributed by atoms with E-state index in [-0.39, 0.29) is 0 Å². The van der Waals surface area contributed by atoms with E-state index in [0.717, 1.165) is 0 Å². The van der Waals surface area contributed by atoms with Crippen LogP contribution in [-0.4, -0.2) is 80.6 Å². The lowest BCUT2D eigenvalue weighted by Crippen LogP contribution is -2.89. The van der Waals surface area contributed by atoms with E-state index in [1.54, 1.807) is 0 Å². The molecule has 7 aliphatic rings. The van der Waals surface area contributed by atoms with Gasteiger partial charge in [0.15, 0.2) is 10.7 Å². The lowest BCUT2D eigenvalue weighted by molar-refractivity contribution is 0.0563. The zero-order chi connectivity index (χ0) is 19.6. The highest BCUT2D eigenvalue weighted by molar-refractivity contribution is 7.12. The SMILES string of the molecule is C[Si]12OC3[Si]4(O1)O[Si]1(C)O[Si]5(C)OC6[Si](C)(O4)O[Si@@](C)(O2)O[Si@@]6(O5)O[Si@]3(C)O1. The molecule has 12 nitrogen and oxygen atoms in total. The second kappa shape index (κ2) is 4.64. The molecule has 28 heavy (non-hydrogen) atoms. The summed E-state index contributed by atoms with van der Waals surface area (Å²) in [5.74, 6) is 0. The van der Waals surface area contributed by atoms with Crippen molar-refractivity contribution in [1.82, 2.24) is 0 Å². The van der Waals surface area contributed by atoms with Crippen molar-refractivity contribution < 1.29 is 50.0 Å². The molecule has 10 atom stereocenters. The number of rotatable bonds is 0. The number of hydrogen-bond acceptors (Lipinski definition) is 12. The first-order chi connectivity index (χ1) is 12.7. The van der Waals surface area contributed by atoms with Crippen LogP contribution in [0.1, 0.15) is 0 Å². The average molecular weight is 533 g/mol. The van der Waals surface area contributed by atoms with Crippen molar-refractivity contribution in [2.45, 2.75) is 50.0 Å². The van der Waals surface area contributed by atoms with Gasteiger partial charge in [-0.2, -0.15) is 0 Å². The van der Waals surface area contributed by atoms with Crippen LogP contribution in [0.2, 0.25) is 39.3 Å². The molecule has 7 aliphatic heterocycles. The Hall–Kier alpha value is 1.26. The van der Waals surface area contributed by atoms with Crippen LogP contribution in [0.3, 0.4) is 0 Å². The summed E-state index contributed by atoms with van der Waals surface area (Å²) in [4.78, 5) is 0. The summed E-state index contributed by atoms with van der Waals surface area (Å²) in [7, 11) is -26.2. The first-order valence-corrected chi connectivity index (χ1v) is 26.4. The Kier molecular flexibility index (Phi) is 3.11. The molecule has 0 amide bonds. The van der Waals surface area contributed by atoms with Crippen LogP contribution in [0, 0.1) is 0 Å². The first kappa shape index (κ1) is 18.8. The fraction of sp³-hybridized carbons (Fsp3) is 1.00. The van der Waals surface area contributed by atoms with E-state index in [4.69, 9.17) is 50.0 Å². The molecule has 7 unspecified atom stereocenters. The molecule has 7 rings (SSSR count). The standard InChI is InChI=1S/C8H20O12Si8/c1-21-7-9-23(3)16-26(6)12-22(2)8-10-24(4,18-28(8,13-21)20-26)15-25(5,11-21)19-27(7,14-22)17-23/h7-8H,1-6H3/t7?,8?,21-,22?,23?,24?,25?,26-,27?,28+/m0/s1.